The van der Waals surface area contributed by atoms with Gasteiger partial charge >= 0.3 is 0 Å². The fraction of sp³-hybridized carbons (Fsp3) is 0.294. The quantitative estimate of drug-likeness (QED) is 0.620. The van der Waals surface area contributed by atoms with Gasteiger partial charge in [0.05, 0.1) is 17.9 Å². The fourth-order valence-corrected chi connectivity index (χ4v) is 2.19. The molecule has 2 rings (SSSR count). The number of nitrogens with zero attached hydrogens (tertiary/aromatic N) is 1. The highest BCUT2D eigenvalue weighted by atomic mass is 19.2. The number of rotatable bonds is 7. The Kier molecular flexibility index (Phi) is 5.92. The predicted octanol–water partition coefficient (Wildman–Crippen LogP) is 3.35. The lowest BCUT2D eigenvalue weighted by molar-refractivity contribution is 0.145. The molecule has 0 radical (unpaired) electrons. The zero-order chi connectivity index (χ0) is 17.7. The summed E-state index contributed by atoms with van der Waals surface area (Å²) in [7, 11) is 3.18. The first-order valence-corrected chi connectivity index (χ1v) is 7.28. The van der Waals surface area contributed by atoms with E-state index in [1.54, 1.807) is 11.9 Å². The van der Waals surface area contributed by atoms with Crippen molar-refractivity contribution in [3.05, 3.63) is 53.3 Å². The van der Waals surface area contributed by atoms with E-state index in [4.69, 9.17) is 15.2 Å². The second-order valence-electron chi connectivity index (χ2n) is 5.24. The molecule has 0 heterocycles. The molecular weight excluding hydrogens is 321 g/mol. The Morgan fingerprint density at radius 3 is 2.42 bits per heavy atom. The van der Waals surface area contributed by atoms with Gasteiger partial charge in [0, 0.05) is 26.4 Å². The highest BCUT2D eigenvalue weighted by Crippen LogP contribution is 2.28. The van der Waals surface area contributed by atoms with E-state index in [1.807, 2.05) is 0 Å². The Labute approximate surface area is 138 Å². The summed E-state index contributed by atoms with van der Waals surface area (Å²) in [4.78, 5) is 1.62. The van der Waals surface area contributed by atoms with E-state index in [0.717, 1.165) is 6.07 Å². The molecule has 0 spiro atoms. The molecule has 2 N–H and O–H groups in total. The number of halogens is 3. The molecule has 130 valence electrons. The van der Waals surface area contributed by atoms with E-state index in [-0.39, 0.29) is 30.2 Å². The van der Waals surface area contributed by atoms with Crippen LogP contribution in [0, 0.1) is 17.5 Å². The SMILES string of the molecule is COCCOc1ccc(F)c(F)c1CN(C)c1ccc(F)c(N)c1. The van der Waals surface area contributed by atoms with Crippen LogP contribution in [-0.4, -0.2) is 27.4 Å². The molecule has 24 heavy (non-hydrogen) atoms. The monoisotopic (exact) mass is 340 g/mol. The maximum absolute atomic E-state index is 14.2. The first-order chi connectivity index (χ1) is 11.4. The van der Waals surface area contributed by atoms with E-state index in [0.29, 0.717) is 12.3 Å². The third-order valence-corrected chi connectivity index (χ3v) is 3.51. The predicted molar refractivity (Wildman–Crippen MR) is 86.6 cm³/mol. The summed E-state index contributed by atoms with van der Waals surface area (Å²) in [6.45, 7) is 0.557. The zero-order valence-corrected chi connectivity index (χ0v) is 13.5. The van der Waals surface area contributed by atoms with Crippen LogP contribution in [0.15, 0.2) is 30.3 Å². The van der Waals surface area contributed by atoms with Crippen LogP contribution in [0.2, 0.25) is 0 Å². The van der Waals surface area contributed by atoms with Gasteiger partial charge in [-0.1, -0.05) is 0 Å². The van der Waals surface area contributed by atoms with Crippen molar-refractivity contribution in [3.63, 3.8) is 0 Å². The van der Waals surface area contributed by atoms with E-state index in [2.05, 4.69) is 0 Å². The van der Waals surface area contributed by atoms with Crippen LogP contribution in [-0.2, 0) is 11.3 Å². The lowest BCUT2D eigenvalue weighted by Gasteiger charge is -2.22. The van der Waals surface area contributed by atoms with Crippen LogP contribution in [0.5, 0.6) is 5.75 Å². The Bertz CT molecular complexity index is 710. The number of benzene rings is 2. The average Bonchev–Trinajstić information content (AvgIpc) is 2.56. The van der Waals surface area contributed by atoms with E-state index < -0.39 is 17.5 Å². The van der Waals surface area contributed by atoms with Crippen molar-refractivity contribution in [2.75, 3.05) is 38.0 Å². The van der Waals surface area contributed by atoms with Gasteiger partial charge in [0.1, 0.15) is 18.2 Å². The maximum atomic E-state index is 14.2. The highest BCUT2D eigenvalue weighted by molar-refractivity contribution is 5.57. The van der Waals surface area contributed by atoms with Crippen LogP contribution in [0.4, 0.5) is 24.5 Å². The summed E-state index contributed by atoms with van der Waals surface area (Å²) in [6.07, 6.45) is 0. The fourth-order valence-electron chi connectivity index (χ4n) is 2.19. The third kappa shape index (κ3) is 4.11. The number of methoxy groups -OCH3 is 1. The molecule has 0 saturated carbocycles. The molecule has 2 aromatic carbocycles. The zero-order valence-electron chi connectivity index (χ0n) is 13.5. The normalized spacial score (nSPS) is 10.7. The molecule has 0 fully saturated rings. The van der Waals surface area contributed by atoms with Gasteiger partial charge in [0.15, 0.2) is 11.6 Å². The number of hydrogen-bond acceptors (Lipinski definition) is 4. The molecule has 0 aromatic heterocycles. The van der Waals surface area contributed by atoms with Gasteiger partial charge in [-0.2, -0.15) is 0 Å². The molecule has 0 amide bonds. The molecule has 0 atom stereocenters. The Balaban J connectivity index is 2.26. The van der Waals surface area contributed by atoms with Gasteiger partial charge in [-0.15, -0.1) is 0 Å². The smallest absolute Gasteiger partial charge is 0.167 e. The first-order valence-electron chi connectivity index (χ1n) is 7.28. The van der Waals surface area contributed by atoms with E-state index in [9.17, 15) is 13.2 Å². The molecular formula is C17H19F3N2O2. The average molecular weight is 340 g/mol. The lowest BCUT2D eigenvalue weighted by Crippen LogP contribution is -2.19. The molecule has 0 aliphatic rings. The molecule has 0 aliphatic carbocycles. The number of hydrogen-bond donors (Lipinski definition) is 1. The minimum Gasteiger partial charge on any atom is -0.491 e. The highest BCUT2D eigenvalue weighted by Gasteiger charge is 2.17. The maximum Gasteiger partial charge on any atom is 0.167 e. The Hall–Kier alpha value is -2.41. The first kappa shape index (κ1) is 17.9. The lowest BCUT2D eigenvalue weighted by atomic mass is 10.1. The van der Waals surface area contributed by atoms with Crippen molar-refractivity contribution < 1.29 is 22.6 Å². The summed E-state index contributed by atoms with van der Waals surface area (Å²) in [5.74, 6) is -2.25. The van der Waals surface area contributed by atoms with Crippen LogP contribution in [0.1, 0.15) is 5.56 Å². The number of nitrogens with two attached hydrogens (primary N) is 1. The largest absolute Gasteiger partial charge is 0.491 e. The molecule has 7 heteroatoms. The summed E-state index contributed by atoms with van der Waals surface area (Å²) in [5, 5.41) is 0. The van der Waals surface area contributed by atoms with Gasteiger partial charge in [-0.25, -0.2) is 13.2 Å². The van der Waals surface area contributed by atoms with Gasteiger partial charge in [-0.05, 0) is 30.3 Å². The Morgan fingerprint density at radius 2 is 1.75 bits per heavy atom. The Morgan fingerprint density at radius 1 is 1.04 bits per heavy atom. The topological polar surface area (TPSA) is 47.7 Å². The number of nitrogen functional groups attached to an aromatic ring is 1. The second-order valence-corrected chi connectivity index (χ2v) is 5.24. The summed E-state index contributed by atoms with van der Waals surface area (Å²) in [6, 6.07) is 6.54. The van der Waals surface area contributed by atoms with Crippen molar-refractivity contribution >= 4 is 11.4 Å². The van der Waals surface area contributed by atoms with Crippen LogP contribution < -0.4 is 15.4 Å². The van der Waals surface area contributed by atoms with Gasteiger partial charge < -0.3 is 20.1 Å². The van der Waals surface area contributed by atoms with Crippen molar-refractivity contribution in [1.29, 1.82) is 0 Å². The molecule has 0 unspecified atom stereocenters. The summed E-state index contributed by atoms with van der Waals surface area (Å²) in [5.41, 5.74) is 6.16. The van der Waals surface area contributed by atoms with Crippen molar-refractivity contribution in [3.8, 4) is 5.75 Å². The minimum atomic E-state index is -0.980. The van der Waals surface area contributed by atoms with E-state index in [1.165, 1.54) is 31.4 Å². The summed E-state index contributed by atoms with van der Waals surface area (Å²) >= 11 is 0. The van der Waals surface area contributed by atoms with Crippen molar-refractivity contribution in [1.82, 2.24) is 0 Å². The molecule has 2 aromatic rings. The van der Waals surface area contributed by atoms with Crippen molar-refractivity contribution in [2.45, 2.75) is 6.54 Å². The summed E-state index contributed by atoms with van der Waals surface area (Å²) < 4.78 is 51.4. The molecule has 4 nitrogen and oxygen atoms in total. The third-order valence-electron chi connectivity index (χ3n) is 3.51. The molecule has 0 aliphatic heterocycles. The van der Waals surface area contributed by atoms with Crippen molar-refractivity contribution in [2.24, 2.45) is 0 Å². The minimum absolute atomic E-state index is 0.0179. The van der Waals surface area contributed by atoms with Crippen LogP contribution >= 0.6 is 0 Å². The number of anilines is 2. The van der Waals surface area contributed by atoms with E-state index >= 15 is 0 Å². The standard InChI is InChI=1S/C17H19F3N2O2/c1-22(11-3-4-13(18)15(21)9-11)10-12-16(24-8-7-23-2)6-5-14(19)17(12)20/h3-6,9H,7-8,10,21H2,1-2H3. The number of ether oxygens (including phenoxy) is 2. The molecule has 0 saturated heterocycles. The van der Waals surface area contributed by atoms with Crippen LogP contribution in [0.25, 0.3) is 0 Å². The second kappa shape index (κ2) is 7.92. The van der Waals surface area contributed by atoms with Gasteiger partial charge in [-0.3, -0.25) is 0 Å². The van der Waals surface area contributed by atoms with Crippen LogP contribution in [0.3, 0.4) is 0 Å². The van der Waals surface area contributed by atoms with Gasteiger partial charge in [0.25, 0.3) is 0 Å². The molecule has 0 bridgehead atoms. The van der Waals surface area contributed by atoms with Gasteiger partial charge in [0.2, 0.25) is 0 Å².